The molecule has 142 valence electrons. The average molecular weight is 503 g/mol. The Morgan fingerprint density at radius 1 is 0.964 bits per heavy atom. The molecule has 0 aliphatic rings. The van der Waals surface area contributed by atoms with Gasteiger partial charge in [0.2, 0.25) is 10.0 Å². The van der Waals surface area contributed by atoms with Gasteiger partial charge in [0.1, 0.15) is 12.4 Å². The van der Waals surface area contributed by atoms with Crippen molar-refractivity contribution in [3.63, 3.8) is 0 Å². The van der Waals surface area contributed by atoms with E-state index >= 15 is 0 Å². The predicted octanol–water partition coefficient (Wildman–Crippen LogP) is 4.64. The quantitative estimate of drug-likeness (QED) is 0.408. The number of hydrogen-bond donors (Lipinski definition) is 1. The fraction of sp³-hybridized carbons (Fsp3) is 0.0909. The topological polar surface area (TPSA) is 55.4 Å². The Kier molecular flexibility index (Phi) is 6.60. The van der Waals surface area contributed by atoms with Crippen molar-refractivity contribution >= 4 is 38.3 Å². The van der Waals surface area contributed by atoms with Gasteiger partial charge < -0.3 is 4.74 Å². The van der Waals surface area contributed by atoms with Crippen molar-refractivity contribution in [2.24, 2.45) is 0 Å². The van der Waals surface area contributed by atoms with Gasteiger partial charge in [0, 0.05) is 22.4 Å². The summed E-state index contributed by atoms with van der Waals surface area (Å²) in [5, 5.41) is 0. The van der Waals surface area contributed by atoms with Crippen LogP contribution in [0.25, 0.3) is 0 Å². The van der Waals surface area contributed by atoms with Crippen LogP contribution in [0, 0.1) is 15.4 Å². The molecule has 0 amide bonds. The number of para-hydroxylation sites is 1. The summed E-state index contributed by atoms with van der Waals surface area (Å²) in [7, 11) is -3.32. The van der Waals surface area contributed by atoms with Crippen molar-refractivity contribution in [3.8, 4) is 17.6 Å². The summed E-state index contributed by atoms with van der Waals surface area (Å²) in [4.78, 5) is 0. The third-order valence-corrected chi connectivity index (χ3v) is 5.24. The summed E-state index contributed by atoms with van der Waals surface area (Å²) in [6, 6.07) is 22.7. The summed E-state index contributed by atoms with van der Waals surface area (Å²) in [6.07, 6.45) is 1.12. The summed E-state index contributed by atoms with van der Waals surface area (Å²) in [5.41, 5.74) is 3.07. The van der Waals surface area contributed by atoms with E-state index in [0.29, 0.717) is 12.3 Å². The molecule has 0 heterocycles. The maximum Gasteiger partial charge on any atom is 0.229 e. The second-order valence-corrected chi connectivity index (χ2v) is 8.99. The first kappa shape index (κ1) is 20.2. The zero-order chi connectivity index (χ0) is 20.0. The van der Waals surface area contributed by atoms with Crippen molar-refractivity contribution < 1.29 is 13.2 Å². The van der Waals surface area contributed by atoms with E-state index in [1.165, 1.54) is 0 Å². The number of nitrogens with one attached hydrogen (secondary N) is 1. The fourth-order valence-electron chi connectivity index (χ4n) is 2.50. The van der Waals surface area contributed by atoms with Crippen LogP contribution in [0.3, 0.4) is 0 Å². The van der Waals surface area contributed by atoms with Crippen LogP contribution in [-0.4, -0.2) is 14.7 Å². The molecule has 3 aromatic carbocycles. The molecular formula is C22H18INO3S. The van der Waals surface area contributed by atoms with E-state index in [4.69, 9.17) is 4.74 Å². The molecule has 0 spiro atoms. The van der Waals surface area contributed by atoms with Crippen LogP contribution < -0.4 is 9.46 Å². The lowest BCUT2D eigenvalue weighted by Gasteiger charge is -2.09. The average Bonchev–Trinajstić information content (AvgIpc) is 2.65. The molecule has 0 atom stereocenters. The van der Waals surface area contributed by atoms with Crippen LogP contribution >= 0.6 is 22.6 Å². The minimum Gasteiger partial charge on any atom is -0.488 e. The molecule has 0 aliphatic carbocycles. The molecule has 0 fully saturated rings. The van der Waals surface area contributed by atoms with Gasteiger partial charge in [-0.15, -0.1) is 0 Å². The maximum absolute atomic E-state index is 11.4. The van der Waals surface area contributed by atoms with Gasteiger partial charge in [0.05, 0.1) is 9.83 Å². The van der Waals surface area contributed by atoms with E-state index in [1.807, 2.05) is 54.6 Å². The first-order chi connectivity index (χ1) is 13.4. The largest absolute Gasteiger partial charge is 0.488 e. The lowest BCUT2D eigenvalue weighted by molar-refractivity contribution is 0.303. The van der Waals surface area contributed by atoms with Gasteiger partial charge in [-0.2, -0.15) is 0 Å². The van der Waals surface area contributed by atoms with Crippen LogP contribution in [0.4, 0.5) is 5.69 Å². The number of hydrogen-bond acceptors (Lipinski definition) is 3. The number of anilines is 1. The van der Waals surface area contributed by atoms with Crippen molar-refractivity contribution in [1.29, 1.82) is 0 Å². The minimum absolute atomic E-state index is 0.417. The van der Waals surface area contributed by atoms with Crippen molar-refractivity contribution in [2.75, 3.05) is 11.0 Å². The summed E-state index contributed by atoms with van der Waals surface area (Å²) < 4.78 is 32.2. The number of rotatable bonds is 5. The van der Waals surface area contributed by atoms with E-state index in [0.717, 1.165) is 32.3 Å². The SMILES string of the molecule is CS(=O)(=O)Nc1cccc(C#Cc2ccccc2COc2ccccc2I)c1. The molecule has 6 heteroatoms. The Bertz CT molecular complexity index is 1150. The van der Waals surface area contributed by atoms with Gasteiger partial charge in [-0.05, 0) is 59.0 Å². The zero-order valence-corrected chi connectivity index (χ0v) is 18.1. The Morgan fingerprint density at radius 2 is 1.71 bits per heavy atom. The van der Waals surface area contributed by atoms with E-state index in [-0.39, 0.29) is 0 Å². The van der Waals surface area contributed by atoms with E-state index < -0.39 is 10.0 Å². The van der Waals surface area contributed by atoms with Gasteiger partial charge in [-0.25, -0.2) is 8.42 Å². The first-order valence-electron chi connectivity index (χ1n) is 8.46. The molecule has 0 saturated carbocycles. The monoisotopic (exact) mass is 503 g/mol. The van der Waals surface area contributed by atoms with Gasteiger partial charge in [0.25, 0.3) is 0 Å². The summed E-state index contributed by atoms with van der Waals surface area (Å²) in [5.74, 6) is 7.09. The maximum atomic E-state index is 11.4. The van der Waals surface area contributed by atoms with Crippen LogP contribution in [-0.2, 0) is 16.6 Å². The molecule has 1 N–H and O–H groups in total. The lowest BCUT2D eigenvalue weighted by atomic mass is 10.1. The minimum atomic E-state index is -3.32. The van der Waals surface area contributed by atoms with Gasteiger partial charge >= 0.3 is 0 Å². The third kappa shape index (κ3) is 6.01. The second-order valence-electron chi connectivity index (χ2n) is 6.08. The molecule has 0 unspecified atom stereocenters. The first-order valence-corrected chi connectivity index (χ1v) is 11.4. The standard InChI is InChI=1S/C22H18INO3S/c1-28(25,26)24-20-10-6-7-17(15-20)13-14-18-8-2-3-9-19(18)16-27-22-12-5-4-11-21(22)23/h2-12,15,24H,16H2,1H3. The van der Waals surface area contributed by atoms with Crippen LogP contribution in [0.15, 0.2) is 72.8 Å². The molecule has 0 saturated heterocycles. The Hall–Kier alpha value is -2.50. The molecule has 3 rings (SSSR count). The number of sulfonamides is 1. The van der Waals surface area contributed by atoms with E-state index in [9.17, 15) is 8.42 Å². The van der Waals surface area contributed by atoms with Gasteiger partial charge in [0.15, 0.2) is 0 Å². The highest BCUT2D eigenvalue weighted by molar-refractivity contribution is 14.1. The van der Waals surface area contributed by atoms with Crippen molar-refractivity contribution in [2.45, 2.75) is 6.61 Å². The predicted molar refractivity (Wildman–Crippen MR) is 121 cm³/mol. The van der Waals surface area contributed by atoms with Crippen molar-refractivity contribution in [1.82, 2.24) is 0 Å². The number of halogens is 1. The highest BCUT2D eigenvalue weighted by Crippen LogP contribution is 2.21. The van der Waals surface area contributed by atoms with Crippen molar-refractivity contribution in [3.05, 3.63) is 93.1 Å². The Morgan fingerprint density at radius 3 is 2.50 bits per heavy atom. The van der Waals surface area contributed by atoms with E-state index in [2.05, 4.69) is 39.2 Å². The molecule has 4 nitrogen and oxygen atoms in total. The number of ether oxygens (including phenoxy) is 1. The normalized spacial score (nSPS) is 10.6. The molecule has 0 aromatic heterocycles. The smallest absolute Gasteiger partial charge is 0.229 e. The highest BCUT2D eigenvalue weighted by Gasteiger charge is 2.04. The molecule has 0 aliphatic heterocycles. The summed E-state index contributed by atoms with van der Waals surface area (Å²) >= 11 is 2.25. The summed E-state index contributed by atoms with van der Waals surface area (Å²) in [6.45, 7) is 0.417. The third-order valence-electron chi connectivity index (χ3n) is 3.74. The molecule has 3 aromatic rings. The second kappa shape index (κ2) is 9.13. The van der Waals surface area contributed by atoms with Crippen LogP contribution in [0.1, 0.15) is 16.7 Å². The molecule has 0 radical (unpaired) electrons. The lowest BCUT2D eigenvalue weighted by Crippen LogP contribution is -2.09. The Balaban J connectivity index is 1.79. The molecule has 0 bridgehead atoms. The van der Waals surface area contributed by atoms with Gasteiger partial charge in [-0.3, -0.25) is 4.72 Å². The van der Waals surface area contributed by atoms with E-state index in [1.54, 1.807) is 18.2 Å². The van der Waals surface area contributed by atoms with Crippen LogP contribution in [0.5, 0.6) is 5.75 Å². The fourth-order valence-corrected chi connectivity index (χ4v) is 3.60. The van der Waals surface area contributed by atoms with Gasteiger partial charge in [-0.1, -0.05) is 48.2 Å². The van der Waals surface area contributed by atoms with Crippen LogP contribution in [0.2, 0.25) is 0 Å². The molecule has 28 heavy (non-hydrogen) atoms. The zero-order valence-electron chi connectivity index (χ0n) is 15.1. The number of benzene rings is 3. The molecular weight excluding hydrogens is 485 g/mol. The highest BCUT2D eigenvalue weighted by atomic mass is 127. The Labute approximate surface area is 179 Å².